The van der Waals surface area contributed by atoms with Crippen LogP contribution in [0.5, 0.6) is 0 Å². The highest BCUT2D eigenvalue weighted by Gasteiger charge is 2.42. The maximum atomic E-state index is 11.7. The van der Waals surface area contributed by atoms with Crippen LogP contribution >= 0.6 is 0 Å². The van der Waals surface area contributed by atoms with Crippen molar-refractivity contribution >= 4 is 19.8 Å². The second-order valence-electron chi connectivity index (χ2n) is 8.32. The summed E-state index contributed by atoms with van der Waals surface area (Å²) in [5, 5.41) is 1.68. The highest BCUT2D eigenvalue weighted by Crippen LogP contribution is 2.51. The summed E-state index contributed by atoms with van der Waals surface area (Å²) in [6.07, 6.45) is 12.5. The number of hydrogen-bond acceptors (Lipinski definition) is 1. The van der Waals surface area contributed by atoms with Crippen LogP contribution in [-0.4, -0.2) is 14.6 Å². The number of hydrogen-bond donors (Lipinski definition) is 0. The van der Waals surface area contributed by atoms with E-state index in [1.54, 1.807) is 5.19 Å². The van der Waals surface area contributed by atoms with Crippen molar-refractivity contribution in [2.75, 3.05) is 0 Å². The fraction of sp³-hybridized carbons (Fsp3) is 0.682. The minimum Gasteiger partial charge on any atom is -0.300 e. The number of ketones is 1. The van der Waals surface area contributed by atoms with E-state index in [4.69, 9.17) is 0 Å². The van der Waals surface area contributed by atoms with Crippen molar-refractivity contribution in [3.8, 4) is 0 Å². The van der Waals surface area contributed by atoms with Gasteiger partial charge in [-0.2, -0.15) is 0 Å². The monoisotopic (exact) mass is 342 g/mol. The molecule has 0 radical (unpaired) electrons. The minimum absolute atomic E-state index is 0.516. The van der Waals surface area contributed by atoms with Gasteiger partial charge in [-0.1, -0.05) is 73.8 Å². The van der Waals surface area contributed by atoms with Gasteiger partial charge in [0.1, 0.15) is 5.78 Å². The molecule has 1 saturated carbocycles. The predicted octanol–water partition coefficient (Wildman–Crippen LogP) is 5.24. The summed E-state index contributed by atoms with van der Waals surface area (Å²) in [5.74, 6) is 1.35. The van der Waals surface area contributed by atoms with Crippen LogP contribution < -0.4 is 5.19 Å². The maximum absolute atomic E-state index is 11.7. The molecule has 2 heteroatoms. The lowest BCUT2D eigenvalue weighted by atomic mass is 9.63. The Labute approximate surface area is 149 Å². The molecule has 1 aliphatic carbocycles. The molecule has 0 aromatic heterocycles. The van der Waals surface area contributed by atoms with E-state index in [1.165, 1.54) is 63.5 Å². The van der Waals surface area contributed by atoms with E-state index in [0.717, 1.165) is 18.8 Å². The molecule has 0 amide bonds. The van der Waals surface area contributed by atoms with Crippen LogP contribution in [0.3, 0.4) is 0 Å². The van der Waals surface area contributed by atoms with E-state index in [0.29, 0.717) is 11.2 Å². The molecule has 1 aliphatic heterocycles. The van der Waals surface area contributed by atoms with Crippen molar-refractivity contribution in [2.24, 2.45) is 11.3 Å². The fourth-order valence-electron chi connectivity index (χ4n) is 5.39. The topological polar surface area (TPSA) is 17.1 Å². The van der Waals surface area contributed by atoms with Crippen molar-refractivity contribution in [1.82, 2.24) is 0 Å². The van der Waals surface area contributed by atoms with Gasteiger partial charge in [0.15, 0.2) is 0 Å². The molecular weight excluding hydrogens is 308 g/mol. The van der Waals surface area contributed by atoms with E-state index in [1.807, 2.05) is 0 Å². The first kappa shape index (κ1) is 17.9. The molecule has 24 heavy (non-hydrogen) atoms. The van der Waals surface area contributed by atoms with Gasteiger partial charge < -0.3 is 0 Å². The zero-order valence-electron chi connectivity index (χ0n) is 15.4. The average molecular weight is 343 g/mol. The molecule has 1 heterocycles. The van der Waals surface area contributed by atoms with E-state index >= 15 is 0 Å². The SMILES string of the molecule is CCCCCC1(C2CCC(=O)CC2)CC[SiH](c2ccccc2)CC1. The summed E-state index contributed by atoms with van der Waals surface area (Å²) < 4.78 is 0. The first-order valence-corrected chi connectivity index (χ1v) is 12.5. The van der Waals surface area contributed by atoms with Gasteiger partial charge in [-0.25, -0.2) is 0 Å². The third-order valence-electron chi connectivity index (χ3n) is 6.94. The van der Waals surface area contributed by atoms with Crippen molar-refractivity contribution in [2.45, 2.75) is 83.2 Å². The minimum atomic E-state index is -0.741. The fourth-order valence-corrected chi connectivity index (χ4v) is 8.96. The van der Waals surface area contributed by atoms with Gasteiger partial charge in [-0.3, -0.25) is 4.79 Å². The summed E-state index contributed by atoms with van der Waals surface area (Å²) in [6, 6.07) is 14.3. The summed E-state index contributed by atoms with van der Waals surface area (Å²) in [6.45, 7) is 2.31. The lowest BCUT2D eigenvalue weighted by Gasteiger charge is -2.47. The van der Waals surface area contributed by atoms with Crippen LogP contribution in [0.2, 0.25) is 12.1 Å². The lowest BCUT2D eigenvalue weighted by molar-refractivity contribution is -0.122. The van der Waals surface area contributed by atoms with Crippen LogP contribution in [0.15, 0.2) is 30.3 Å². The number of benzene rings is 1. The second kappa shape index (κ2) is 8.47. The van der Waals surface area contributed by atoms with Gasteiger partial charge in [0.25, 0.3) is 0 Å². The first-order chi connectivity index (χ1) is 11.7. The molecule has 1 aromatic rings. The lowest BCUT2D eigenvalue weighted by Crippen LogP contribution is -2.42. The Morgan fingerprint density at radius 2 is 1.71 bits per heavy atom. The number of carbonyl (C=O) groups excluding carboxylic acids is 1. The van der Waals surface area contributed by atoms with Crippen LogP contribution in [0.25, 0.3) is 0 Å². The largest absolute Gasteiger partial charge is 0.300 e. The Hall–Kier alpha value is -0.893. The van der Waals surface area contributed by atoms with Crippen LogP contribution in [-0.2, 0) is 4.79 Å². The van der Waals surface area contributed by atoms with E-state index in [2.05, 4.69) is 37.3 Å². The zero-order valence-corrected chi connectivity index (χ0v) is 16.6. The number of Topliss-reactive ketones (excluding diaryl/α,β-unsaturated/α-hetero) is 1. The highest BCUT2D eigenvalue weighted by molar-refractivity contribution is 6.73. The summed E-state index contributed by atoms with van der Waals surface area (Å²) >= 11 is 0. The molecule has 1 nitrogen and oxygen atoms in total. The molecule has 2 aliphatic rings. The Morgan fingerprint density at radius 1 is 1.04 bits per heavy atom. The van der Waals surface area contributed by atoms with Crippen LogP contribution in [0, 0.1) is 11.3 Å². The first-order valence-electron chi connectivity index (χ1n) is 10.3. The van der Waals surface area contributed by atoms with Gasteiger partial charge in [0.05, 0.1) is 8.80 Å². The van der Waals surface area contributed by atoms with Gasteiger partial charge in [0.2, 0.25) is 0 Å². The van der Waals surface area contributed by atoms with Gasteiger partial charge in [-0.05, 0) is 43.4 Å². The Morgan fingerprint density at radius 3 is 2.33 bits per heavy atom. The molecule has 3 rings (SSSR count). The maximum Gasteiger partial charge on any atom is 0.132 e. The quantitative estimate of drug-likeness (QED) is 0.510. The molecule has 0 atom stereocenters. The highest BCUT2D eigenvalue weighted by atomic mass is 28.3. The normalized spacial score (nSPS) is 28.9. The number of carbonyl (C=O) groups is 1. The van der Waals surface area contributed by atoms with Crippen LogP contribution in [0.4, 0.5) is 0 Å². The molecule has 1 saturated heterocycles. The predicted molar refractivity (Wildman–Crippen MR) is 106 cm³/mol. The molecule has 0 unspecified atom stereocenters. The third-order valence-corrected chi connectivity index (χ3v) is 10.2. The summed E-state index contributed by atoms with van der Waals surface area (Å²) in [5.41, 5.74) is 0.578. The van der Waals surface area contributed by atoms with Crippen molar-refractivity contribution < 1.29 is 4.79 Å². The molecule has 0 spiro atoms. The summed E-state index contributed by atoms with van der Waals surface area (Å²) in [4.78, 5) is 11.7. The molecule has 0 bridgehead atoms. The van der Waals surface area contributed by atoms with E-state index in [9.17, 15) is 4.79 Å². The molecular formula is C22H34OSi. The van der Waals surface area contributed by atoms with Crippen molar-refractivity contribution in [1.29, 1.82) is 0 Å². The second-order valence-corrected chi connectivity index (χ2v) is 11.5. The van der Waals surface area contributed by atoms with Crippen molar-refractivity contribution in [3.05, 3.63) is 30.3 Å². The Balaban J connectivity index is 1.66. The number of unbranched alkanes of at least 4 members (excludes halogenated alkanes) is 2. The Bertz CT molecular complexity index is 506. The summed E-state index contributed by atoms with van der Waals surface area (Å²) in [7, 11) is -0.741. The smallest absolute Gasteiger partial charge is 0.132 e. The van der Waals surface area contributed by atoms with Crippen LogP contribution in [0.1, 0.15) is 71.1 Å². The van der Waals surface area contributed by atoms with Gasteiger partial charge >= 0.3 is 0 Å². The number of rotatable bonds is 6. The molecule has 0 N–H and O–H groups in total. The van der Waals surface area contributed by atoms with E-state index in [-0.39, 0.29) is 0 Å². The van der Waals surface area contributed by atoms with Gasteiger partial charge in [-0.15, -0.1) is 0 Å². The molecule has 2 fully saturated rings. The zero-order chi connectivity index (χ0) is 16.8. The van der Waals surface area contributed by atoms with Crippen molar-refractivity contribution in [3.63, 3.8) is 0 Å². The third kappa shape index (κ3) is 4.19. The average Bonchev–Trinajstić information content (AvgIpc) is 2.64. The molecule has 1 aromatic carbocycles. The van der Waals surface area contributed by atoms with E-state index < -0.39 is 8.80 Å². The Kier molecular flexibility index (Phi) is 6.32. The molecule has 132 valence electrons. The van der Waals surface area contributed by atoms with Gasteiger partial charge in [0, 0.05) is 12.8 Å². The standard InChI is InChI=1S/C22H34OSi/c1-2-3-7-14-22(19-10-12-20(23)13-11-19)15-17-24(18-16-22)21-8-5-4-6-9-21/h4-6,8-9,19,24H,2-3,7,10-18H2,1H3.